The molecule has 0 N–H and O–H groups in total. The number of nitrogens with zero attached hydrogens (tertiary/aromatic N) is 2. The van der Waals surface area contributed by atoms with Crippen LogP contribution < -0.4 is 4.80 Å². The number of amides is 1. The maximum atomic E-state index is 13.9. The quantitative estimate of drug-likeness (QED) is 0.552. The largest absolute Gasteiger partial charge is 0.465 e. The molecule has 0 unspecified atom stereocenters. The zero-order valence-electron chi connectivity index (χ0n) is 14.3. The molecule has 0 spiro atoms. The molecule has 0 radical (unpaired) electrons. The van der Waals surface area contributed by atoms with E-state index < -0.39 is 29.1 Å². The molecule has 0 fully saturated rings. The molecule has 0 bridgehead atoms. The Morgan fingerprint density at radius 1 is 1.21 bits per heavy atom. The minimum Gasteiger partial charge on any atom is -0.465 e. The minimum absolute atomic E-state index is 0.0277. The van der Waals surface area contributed by atoms with Gasteiger partial charge in [0, 0.05) is 5.02 Å². The number of hydrogen-bond acceptors (Lipinski definition) is 4. The van der Waals surface area contributed by atoms with Crippen LogP contribution in [-0.4, -0.2) is 23.1 Å². The second kappa shape index (κ2) is 8.38. The molecule has 0 saturated heterocycles. The molecule has 146 valence electrons. The third kappa shape index (κ3) is 4.09. The number of carbonyl (C=O) groups excluding carboxylic acids is 2. The lowest BCUT2D eigenvalue weighted by atomic mass is 10.2. The fourth-order valence-electron chi connectivity index (χ4n) is 2.54. The van der Waals surface area contributed by atoms with Gasteiger partial charge in [-0.2, -0.15) is 4.99 Å². The molecule has 3 rings (SSSR count). The van der Waals surface area contributed by atoms with E-state index in [1.807, 2.05) is 0 Å². The first-order chi connectivity index (χ1) is 13.3. The number of thiazole rings is 1. The number of ether oxygens (including phenoxy) is 1. The van der Waals surface area contributed by atoms with E-state index in [4.69, 9.17) is 27.9 Å². The number of halogens is 4. The van der Waals surface area contributed by atoms with Gasteiger partial charge in [-0.3, -0.25) is 9.59 Å². The van der Waals surface area contributed by atoms with Gasteiger partial charge in [-0.25, -0.2) is 8.78 Å². The molecule has 1 heterocycles. The smallest absolute Gasteiger partial charge is 0.326 e. The van der Waals surface area contributed by atoms with Gasteiger partial charge < -0.3 is 9.30 Å². The molecule has 0 atom stereocenters. The molecule has 10 heteroatoms. The number of esters is 1. The predicted molar refractivity (Wildman–Crippen MR) is 103 cm³/mol. The molecule has 0 aliphatic rings. The van der Waals surface area contributed by atoms with Crippen molar-refractivity contribution in [2.24, 2.45) is 4.99 Å². The molecular weight excluding hydrogens is 433 g/mol. The van der Waals surface area contributed by atoms with E-state index in [1.54, 1.807) is 13.0 Å². The Balaban J connectivity index is 2.21. The van der Waals surface area contributed by atoms with Gasteiger partial charge in [0.05, 0.1) is 21.8 Å². The van der Waals surface area contributed by atoms with Crippen molar-refractivity contribution in [2.45, 2.75) is 13.5 Å². The molecule has 0 aliphatic carbocycles. The zero-order chi connectivity index (χ0) is 20.4. The molecule has 1 aromatic heterocycles. The van der Waals surface area contributed by atoms with Gasteiger partial charge >= 0.3 is 5.97 Å². The summed E-state index contributed by atoms with van der Waals surface area (Å²) >= 11 is 13.3. The van der Waals surface area contributed by atoms with E-state index in [0.717, 1.165) is 29.5 Å². The van der Waals surface area contributed by atoms with Crippen LogP contribution in [0.1, 0.15) is 17.3 Å². The maximum absolute atomic E-state index is 13.9. The van der Waals surface area contributed by atoms with Gasteiger partial charge in [-0.05, 0) is 31.2 Å². The lowest BCUT2D eigenvalue weighted by Crippen LogP contribution is -2.23. The van der Waals surface area contributed by atoms with Crippen molar-refractivity contribution in [2.75, 3.05) is 6.61 Å². The Labute approximate surface area is 171 Å². The Morgan fingerprint density at radius 2 is 1.89 bits per heavy atom. The van der Waals surface area contributed by atoms with E-state index in [1.165, 1.54) is 10.6 Å². The second-order valence-electron chi connectivity index (χ2n) is 5.52. The van der Waals surface area contributed by atoms with Gasteiger partial charge in [0.1, 0.15) is 23.7 Å². The second-order valence-corrected chi connectivity index (χ2v) is 7.38. The summed E-state index contributed by atoms with van der Waals surface area (Å²) in [6.45, 7) is 1.52. The van der Waals surface area contributed by atoms with E-state index in [9.17, 15) is 18.4 Å². The summed E-state index contributed by atoms with van der Waals surface area (Å²) in [6, 6.07) is 6.12. The van der Waals surface area contributed by atoms with Gasteiger partial charge in [-0.1, -0.05) is 40.6 Å². The highest BCUT2D eigenvalue weighted by atomic mass is 35.5. The van der Waals surface area contributed by atoms with Crippen LogP contribution in [0.25, 0.3) is 10.2 Å². The number of rotatable bonds is 4. The Hall–Kier alpha value is -2.29. The molecular formula is C18H12Cl2F2N2O3S. The normalized spacial score (nSPS) is 11.8. The SMILES string of the molecule is CCOC(=O)Cn1c(=NC(=O)c2c(F)cccc2F)sc2cc(Cl)cc(Cl)c21. The van der Waals surface area contributed by atoms with Gasteiger partial charge in [-0.15, -0.1) is 0 Å². The molecule has 1 amide bonds. The fraction of sp³-hybridized carbons (Fsp3) is 0.167. The van der Waals surface area contributed by atoms with E-state index >= 15 is 0 Å². The first-order valence-corrected chi connectivity index (χ1v) is 9.56. The van der Waals surface area contributed by atoms with E-state index in [0.29, 0.717) is 15.2 Å². The highest BCUT2D eigenvalue weighted by Gasteiger charge is 2.19. The van der Waals surface area contributed by atoms with Crippen molar-refractivity contribution < 1.29 is 23.1 Å². The first kappa shape index (κ1) is 20.4. The fourth-order valence-corrected chi connectivity index (χ4v) is 4.35. The summed E-state index contributed by atoms with van der Waals surface area (Å²) in [6.07, 6.45) is 0. The van der Waals surface area contributed by atoms with Crippen molar-refractivity contribution in [3.63, 3.8) is 0 Å². The number of hydrogen-bond donors (Lipinski definition) is 0. The standard InChI is InChI=1S/C18H12Cl2F2N2O3S/c1-2-27-14(25)8-24-16-10(20)6-9(19)7-13(16)28-18(24)23-17(26)15-11(21)4-3-5-12(15)22/h3-7H,2,8H2,1H3. The maximum Gasteiger partial charge on any atom is 0.326 e. The van der Waals surface area contributed by atoms with Crippen molar-refractivity contribution in [3.05, 3.63) is 62.4 Å². The van der Waals surface area contributed by atoms with Crippen LogP contribution in [0, 0.1) is 11.6 Å². The molecule has 28 heavy (non-hydrogen) atoms. The molecule has 3 aromatic rings. The van der Waals surface area contributed by atoms with Crippen LogP contribution in [0.5, 0.6) is 0 Å². The number of aromatic nitrogens is 1. The topological polar surface area (TPSA) is 60.7 Å². The average molecular weight is 445 g/mol. The first-order valence-electron chi connectivity index (χ1n) is 7.99. The van der Waals surface area contributed by atoms with Crippen LogP contribution in [0.2, 0.25) is 10.0 Å². The Morgan fingerprint density at radius 3 is 2.54 bits per heavy atom. The highest BCUT2D eigenvalue weighted by Crippen LogP contribution is 2.30. The van der Waals surface area contributed by atoms with Crippen LogP contribution in [-0.2, 0) is 16.1 Å². The van der Waals surface area contributed by atoms with E-state index in [-0.39, 0.29) is 23.0 Å². The summed E-state index contributed by atoms with van der Waals surface area (Å²) in [5, 5.41) is 0.578. The van der Waals surface area contributed by atoms with Crippen LogP contribution >= 0.6 is 34.5 Å². The number of carbonyl (C=O) groups is 2. The van der Waals surface area contributed by atoms with Gasteiger partial charge in [0.2, 0.25) is 0 Å². The monoisotopic (exact) mass is 444 g/mol. The lowest BCUT2D eigenvalue weighted by Gasteiger charge is -2.06. The number of fused-ring (bicyclic) bond motifs is 1. The third-order valence-corrected chi connectivity index (χ3v) is 5.19. The van der Waals surface area contributed by atoms with Crippen molar-refractivity contribution in [1.82, 2.24) is 4.57 Å². The van der Waals surface area contributed by atoms with Crippen molar-refractivity contribution in [3.8, 4) is 0 Å². The average Bonchev–Trinajstić information content (AvgIpc) is 2.92. The molecule has 2 aromatic carbocycles. The zero-order valence-corrected chi connectivity index (χ0v) is 16.7. The third-order valence-electron chi connectivity index (χ3n) is 3.66. The van der Waals surface area contributed by atoms with Crippen molar-refractivity contribution >= 4 is 56.6 Å². The van der Waals surface area contributed by atoms with Crippen LogP contribution in [0.3, 0.4) is 0 Å². The summed E-state index contributed by atoms with van der Waals surface area (Å²) in [7, 11) is 0. The Kier molecular flexibility index (Phi) is 6.12. The molecule has 0 aliphatic heterocycles. The van der Waals surface area contributed by atoms with E-state index in [2.05, 4.69) is 4.99 Å². The predicted octanol–water partition coefficient (Wildman–Crippen LogP) is 4.59. The molecule has 0 saturated carbocycles. The summed E-state index contributed by atoms with van der Waals surface area (Å²) in [5.74, 6) is -3.78. The summed E-state index contributed by atoms with van der Waals surface area (Å²) < 4.78 is 34.6. The molecule has 5 nitrogen and oxygen atoms in total. The van der Waals surface area contributed by atoms with Crippen LogP contribution in [0.15, 0.2) is 35.3 Å². The van der Waals surface area contributed by atoms with Gasteiger partial charge in [0.15, 0.2) is 4.80 Å². The highest BCUT2D eigenvalue weighted by molar-refractivity contribution is 7.16. The van der Waals surface area contributed by atoms with Crippen molar-refractivity contribution in [1.29, 1.82) is 0 Å². The number of benzene rings is 2. The lowest BCUT2D eigenvalue weighted by molar-refractivity contribution is -0.143. The van der Waals surface area contributed by atoms with Crippen LogP contribution in [0.4, 0.5) is 8.78 Å². The minimum atomic E-state index is -1.12. The summed E-state index contributed by atoms with van der Waals surface area (Å²) in [5.41, 5.74) is -0.378. The summed E-state index contributed by atoms with van der Waals surface area (Å²) in [4.78, 5) is 28.3. The van der Waals surface area contributed by atoms with Gasteiger partial charge in [0.25, 0.3) is 5.91 Å². The Bertz CT molecular complexity index is 1140.